The molecule has 0 aromatic heterocycles. The van der Waals surface area contributed by atoms with Crippen LogP contribution in [0.2, 0.25) is 0 Å². The number of amides is 1. The highest BCUT2D eigenvalue weighted by Gasteiger charge is 2.06. The van der Waals surface area contributed by atoms with Crippen molar-refractivity contribution in [2.45, 2.75) is 27.3 Å². The highest BCUT2D eigenvalue weighted by atomic mass is 16.1. The zero-order chi connectivity index (χ0) is 21.1. The topological polar surface area (TPSA) is 68.8 Å². The zero-order valence-electron chi connectivity index (χ0n) is 18.0. The number of hydrogen-bond donors (Lipinski definition) is 3. The van der Waals surface area contributed by atoms with E-state index in [1.165, 1.54) is 11.3 Å². The Kier molecular flexibility index (Phi) is 9.02. The van der Waals surface area contributed by atoms with Gasteiger partial charge < -0.3 is 20.9 Å². The van der Waals surface area contributed by atoms with Crippen LogP contribution in [0.3, 0.4) is 0 Å². The van der Waals surface area contributed by atoms with Crippen LogP contribution in [0.15, 0.2) is 53.5 Å². The van der Waals surface area contributed by atoms with Crippen molar-refractivity contribution in [3.8, 4) is 0 Å². The van der Waals surface area contributed by atoms with Crippen LogP contribution in [0, 0.1) is 6.92 Å². The zero-order valence-corrected chi connectivity index (χ0v) is 18.0. The fourth-order valence-corrected chi connectivity index (χ4v) is 3.02. The van der Waals surface area contributed by atoms with Crippen LogP contribution in [0.4, 0.5) is 5.69 Å². The number of rotatable bonds is 9. The molecule has 0 saturated heterocycles. The van der Waals surface area contributed by atoms with Crippen LogP contribution in [-0.2, 0) is 6.54 Å². The molecule has 2 rings (SSSR count). The van der Waals surface area contributed by atoms with Crippen LogP contribution in [0.1, 0.15) is 35.3 Å². The third-order valence-corrected chi connectivity index (χ3v) is 4.63. The summed E-state index contributed by atoms with van der Waals surface area (Å²) in [6.07, 6.45) is 0. The minimum Gasteiger partial charge on any atom is -0.370 e. The average molecular weight is 396 g/mol. The van der Waals surface area contributed by atoms with Gasteiger partial charge in [-0.2, -0.15) is 0 Å². The first kappa shape index (κ1) is 22.3. The summed E-state index contributed by atoms with van der Waals surface area (Å²) in [6, 6.07) is 16.1. The van der Waals surface area contributed by atoms with Gasteiger partial charge in [0, 0.05) is 44.5 Å². The number of nitrogens with zero attached hydrogens (tertiary/aromatic N) is 2. The summed E-state index contributed by atoms with van der Waals surface area (Å²) in [5.41, 5.74) is 4.23. The Balaban J connectivity index is 1.92. The van der Waals surface area contributed by atoms with E-state index in [1.807, 2.05) is 24.3 Å². The molecule has 6 nitrogen and oxygen atoms in total. The number of hydrogen-bond acceptors (Lipinski definition) is 3. The molecule has 0 fully saturated rings. The lowest BCUT2D eigenvalue weighted by Gasteiger charge is -2.24. The molecule has 0 aliphatic carbocycles. The highest BCUT2D eigenvalue weighted by molar-refractivity contribution is 5.93. The molecule has 0 aliphatic heterocycles. The van der Waals surface area contributed by atoms with Crippen molar-refractivity contribution < 1.29 is 4.79 Å². The lowest BCUT2D eigenvalue weighted by molar-refractivity contribution is 0.0963. The van der Waals surface area contributed by atoms with Crippen molar-refractivity contribution in [2.75, 3.05) is 38.1 Å². The van der Waals surface area contributed by atoms with Crippen LogP contribution < -0.4 is 20.9 Å². The number of aliphatic imine (C=N–C) groups is 1. The van der Waals surface area contributed by atoms with E-state index in [0.717, 1.165) is 37.7 Å². The highest BCUT2D eigenvalue weighted by Crippen LogP contribution is 2.15. The lowest BCUT2D eigenvalue weighted by Crippen LogP contribution is -2.41. The Morgan fingerprint density at radius 3 is 2.45 bits per heavy atom. The second-order valence-electron chi connectivity index (χ2n) is 6.82. The maximum atomic E-state index is 11.6. The fraction of sp³-hybridized carbons (Fsp3) is 0.391. The molecule has 0 aliphatic rings. The molecule has 6 heteroatoms. The molecule has 1 amide bonds. The normalized spacial score (nSPS) is 11.1. The minimum absolute atomic E-state index is 0.0795. The third-order valence-electron chi connectivity index (χ3n) is 4.63. The molecule has 2 aromatic carbocycles. The van der Waals surface area contributed by atoms with E-state index in [2.05, 4.69) is 70.9 Å². The van der Waals surface area contributed by atoms with E-state index < -0.39 is 0 Å². The second kappa shape index (κ2) is 11.7. The number of guanidine groups is 1. The summed E-state index contributed by atoms with van der Waals surface area (Å²) in [5.74, 6) is 0.715. The van der Waals surface area contributed by atoms with Gasteiger partial charge in [-0.25, -0.2) is 4.99 Å². The number of likely N-dealkylation sites (N-methyl/N-ethyl adjacent to an activating group) is 1. The molecule has 3 N–H and O–H groups in total. The van der Waals surface area contributed by atoms with Gasteiger partial charge in [-0.15, -0.1) is 0 Å². The Labute approximate surface area is 174 Å². The van der Waals surface area contributed by atoms with Crippen LogP contribution in [0.5, 0.6) is 0 Å². The summed E-state index contributed by atoms with van der Waals surface area (Å²) >= 11 is 0. The van der Waals surface area contributed by atoms with Gasteiger partial charge in [-0.1, -0.05) is 24.3 Å². The van der Waals surface area contributed by atoms with Crippen molar-refractivity contribution in [1.29, 1.82) is 0 Å². The molecular weight excluding hydrogens is 362 g/mol. The van der Waals surface area contributed by atoms with Crippen molar-refractivity contribution in [3.63, 3.8) is 0 Å². The van der Waals surface area contributed by atoms with E-state index in [0.29, 0.717) is 12.1 Å². The van der Waals surface area contributed by atoms with Gasteiger partial charge in [0.1, 0.15) is 0 Å². The summed E-state index contributed by atoms with van der Waals surface area (Å²) < 4.78 is 0. The Hall–Kier alpha value is -3.02. The van der Waals surface area contributed by atoms with Gasteiger partial charge in [0.15, 0.2) is 5.96 Å². The maximum absolute atomic E-state index is 11.6. The summed E-state index contributed by atoms with van der Waals surface area (Å²) in [4.78, 5) is 18.6. The lowest BCUT2D eigenvalue weighted by atomic mass is 10.1. The molecule has 0 radical (unpaired) electrons. The van der Waals surface area contributed by atoms with Gasteiger partial charge in [0.25, 0.3) is 5.91 Å². The summed E-state index contributed by atoms with van der Waals surface area (Å²) in [7, 11) is 1.63. The first-order valence-corrected chi connectivity index (χ1v) is 10.2. The monoisotopic (exact) mass is 395 g/mol. The number of benzene rings is 2. The smallest absolute Gasteiger partial charge is 0.251 e. The maximum Gasteiger partial charge on any atom is 0.251 e. The molecule has 0 heterocycles. The molecule has 0 spiro atoms. The number of anilines is 1. The van der Waals surface area contributed by atoms with Crippen molar-refractivity contribution >= 4 is 17.6 Å². The minimum atomic E-state index is -0.0795. The Morgan fingerprint density at radius 2 is 1.83 bits per heavy atom. The second-order valence-corrected chi connectivity index (χ2v) is 6.82. The predicted octanol–water partition coefficient (Wildman–Crippen LogP) is 2.94. The number of aryl methyl sites for hydroxylation is 1. The van der Waals surface area contributed by atoms with Crippen molar-refractivity contribution in [3.05, 3.63) is 65.2 Å². The Morgan fingerprint density at radius 1 is 1.07 bits per heavy atom. The van der Waals surface area contributed by atoms with Gasteiger partial charge in [0.05, 0.1) is 6.54 Å². The first-order valence-electron chi connectivity index (χ1n) is 10.2. The predicted molar refractivity (Wildman–Crippen MR) is 122 cm³/mol. The summed E-state index contributed by atoms with van der Waals surface area (Å²) in [5, 5.41) is 9.33. The molecule has 0 bridgehead atoms. The van der Waals surface area contributed by atoms with Crippen molar-refractivity contribution in [2.24, 2.45) is 4.99 Å². The molecule has 156 valence electrons. The van der Waals surface area contributed by atoms with Crippen LogP contribution in [0.25, 0.3) is 0 Å². The van der Waals surface area contributed by atoms with Gasteiger partial charge in [-0.3, -0.25) is 4.79 Å². The van der Waals surface area contributed by atoms with E-state index in [4.69, 9.17) is 0 Å². The van der Waals surface area contributed by atoms with Gasteiger partial charge >= 0.3 is 0 Å². The molecule has 29 heavy (non-hydrogen) atoms. The number of carbonyl (C=O) groups excluding carboxylic acids is 1. The molecule has 0 unspecified atom stereocenters. The molecular formula is C23H33N5O. The van der Waals surface area contributed by atoms with Gasteiger partial charge in [-0.05, 0) is 56.2 Å². The standard InChI is InChI=1S/C23H33N5O/c1-5-25-23(27-17-19-10-12-20(13-11-19)22(29)24-4)26-14-15-28(6-2)21-9-7-8-18(3)16-21/h7-13,16H,5-6,14-15,17H2,1-4H3,(H,24,29)(H2,25,26,27). The average Bonchev–Trinajstić information content (AvgIpc) is 2.74. The number of nitrogens with one attached hydrogen (secondary N) is 3. The van der Waals surface area contributed by atoms with Crippen molar-refractivity contribution in [1.82, 2.24) is 16.0 Å². The fourth-order valence-electron chi connectivity index (χ4n) is 3.02. The van der Waals surface area contributed by atoms with Crippen LogP contribution >= 0.6 is 0 Å². The third kappa shape index (κ3) is 7.14. The van der Waals surface area contributed by atoms with E-state index >= 15 is 0 Å². The quantitative estimate of drug-likeness (QED) is 0.451. The van der Waals surface area contributed by atoms with Gasteiger partial charge in [0.2, 0.25) is 0 Å². The largest absolute Gasteiger partial charge is 0.370 e. The SMILES string of the molecule is CCNC(=NCc1ccc(C(=O)NC)cc1)NCCN(CC)c1cccc(C)c1. The molecule has 0 atom stereocenters. The van der Waals surface area contributed by atoms with E-state index in [1.54, 1.807) is 7.05 Å². The number of carbonyl (C=O) groups is 1. The first-order chi connectivity index (χ1) is 14.1. The summed E-state index contributed by atoms with van der Waals surface area (Å²) in [6.45, 7) is 10.3. The van der Waals surface area contributed by atoms with E-state index in [-0.39, 0.29) is 5.91 Å². The Bertz CT molecular complexity index is 801. The molecule has 2 aromatic rings. The molecule has 0 saturated carbocycles. The van der Waals surface area contributed by atoms with E-state index in [9.17, 15) is 4.79 Å². The van der Waals surface area contributed by atoms with Crippen LogP contribution in [-0.4, -0.2) is 45.1 Å².